The van der Waals surface area contributed by atoms with Gasteiger partial charge in [-0.15, -0.1) is 0 Å². The number of benzene rings is 2. The molecular formula is C31H39F2N3O3. The molecule has 0 aromatic heterocycles. The summed E-state index contributed by atoms with van der Waals surface area (Å²) in [7, 11) is 1.74. The van der Waals surface area contributed by atoms with Gasteiger partial charge in [0.2, 0.25) is 5.91 Å². The third-order valence-corrected chi connectivity index (χ3v) is 9.17. The first kappa shape index (κ1) is 27.6. The zero-order valence-corrected chi connectivity index (χ0v) is 23.5. The van der Waals surface area contributed by atoms with Crippen LogP contribution in [0.5, 0.6) is 0 Å². The lowest BCUT2D eigenvalue weighted by molar-refractivity contribution is -0.142. The molecule has 0 saturated carbocycles. The lowest BCUT2D eigenvalue weighted by Gasteiger charge is -2.47. The van der Waals surface area contributed by atoms with E-state index in [2.05, 4.69) is 6.07 Å². The van der Waals surface area contributed by atoms with Crippen molar-refractivity contribution >= 4 is 11.9 Å². The van der Waals surface area contributed by atoms with E-state index in [-0.39, 0.29) is 29.6 Å². The molecule has 6 nitrogen and oxygen atoms in total. The summed E-state index contributed by atoms with van der Waals surface area (Å²) in [5.74, 6) is -2.78. The van der Waals surface area contributed by atoms with Crippen molar-refractivity contribution in [2.75, 3.05) is 33.4 Å². The predicted octanol–water partition coefficient (Wildman–Crippen LogP) is 5.98. The van der Waals surface area contributed by atoms with Crippen LogP contribution >= 0.6 is 0 Å². The lowest BCUT2D eigenvalue weighted by Crippen LogP contribution is -2.57. The molecule has 210 valence electrons. The van der Waals surface area contributed by atoms with Crippen molar-refractivity contribution in [2.45, 2.75) is 71.0 Å². The molecule has 0 radical (unpaired) electrons. The summed E-state index contributed by atoms with van der Waals surface area (Å²) in [4.78, 5) is 33.5. The van der Waals surface area contributed by atoms with Crippen LogP contribution in [-0.2, 0) is 15.5 Å². The molecule has 5 rings (SSSR count). The molecule has 8 heteroatoms. The molecule has 2 aromatic carbocycles. The van der Waals surface area contributed by atoms with Crippen molar-refractivity contribution in [2.24, 2.45) is 5.41 Å². The molecule has 3 fully saturated rings. The number of alkyl halides is 2. The van der Waals surface area contributed by atoms with E-state index in [1.165, 1.54) is 12.1 Å². The number of nitrogens with zero attached hydrogens (tertiary/aromatic N) is 3. The van der Waals surface area contributed by atoms with Crippen molar-refractivity contribution in [1.82, 2.24) is 14.7 Å². The van der Waals surface area contributed by atoms with Crippen LogP contribution in [0.1, 0.15) is 73.0 Å². The largest absolute Gasteiger partial charge is 0.381 e. The maximum Gasteiger partial charge on any atom is 0.320 e. The first-order valence-electron chi connectivity index (χ1n) is 13.9. The number of ether oxygens (including phenoxy) is 1. The van der Waals surface area contributed by atoms with Gasteiger partial charge < -0.3 is 19.4 Å². The topological polar surface area (TPSA) is 53.1 Å². The summed E-state index contributed by atoms with van der Waals surface area (Å²) in [6.45, 7) is 8.67. The Balaban J connectivity index is 1.48. The van der Waals surface area contributed by atoms with E-state index in [4.69, 9.17) is 4.74 Å². The molecule has 3 aliphatic rings. The second kappa shape index (κ2) is 10.2. The van der Waals surface area contributed by atoms with Gasteiger partial charge in [-0.3, -0.25) is 4.79 Å². The highest BCUT2D eigenvalue weighted by Crippen LogP contribution is 2.50. The molecule has 3 aliphatic heterocycles. The summed E-state index contributed by atoms with van der Waals surface area (Å²) >= 11 is 0. The minimum atomic E-state index is -2.97. The maximum absolute atomic E-state index is 14.2. The summed E-state index contributed by atoms with van der Waals surface area (Å²) in [6, 6.07) is 11.9. The van der Waals surface area contributed by atoms with Crippen molar-refractivity contribution in [3.63, 3.8) is 0 Å². The van der Waals surface area contributed by atoms with Crippen molar-refractivity contribution in [3.8, 4) is 0 Å². The minimum absolute atomic E-state index is 0.0529. The second-order valence-corrected chi connectivity index (χ2v) is 11.7. The zero-order chi connectivity index (χ0) is 28.1. The average Bonchev–Trinajstić information content (AvgIpc) is 3.17. The van der Waals surface area contributed by atoms with Gasteiger partial charge in [-0.25, -0.2) is 13.6 Å². The van der Waals surface area contributed by atoms with Crippen molar-refractivity contribution in [3.05, 3.63) is 70.3 Å². The number of amides is 3. The highest BCUT2D eigenvalue weighted by Gasteiger charge is 2.57. The molecule has 2 aromatic rings. The van der Waals surface area contributed by atoms with Gasteiger partial charge in [0.05, 0.1) is 23.5 Å². The lowest BCUT2D eigenvalue weighted by atomic mass is 9.76. The van der Waals surface area contributed by atoms with Gasteiger partial charge in [-0.2, -0.15) is 0 Å². The smallest absolute Gasteiger partial charge is 0.320 e. The number of rotatable bonds is 4. The van der Waals surface area contributed by atoms with Gasteiger partial charge in [0.1, 0.15) is 0 Å². The van der Waals surface area contributed by atoms with Crippen LogP contribution in [0.2, 0.25) is 0 Å². The van der Waals surface area contributed by atoms with E-state index < -0.39 is 17.4 Å². The Labute approximate surface area is 229 Å². The van der Waals surface area contributed by atoms with E-state index in [0.29, 0.717) is 51.1 Å². The number of hydrogen-bond acceptors (Lipinski definition) is 3. The van der Waals surface area contributed by atoms with Crippen LogP contribution in [-0.4, -0.2) is 66.0 Å². The van der Waals surface area contributed by atoms with Gasteiger partial charge in [0, 0.05) is 45.8 Å². The van der Waals surface area contributed by atoms with E-state index >= 15 is 0 Å². The Bertz CT molecular complexity index is 1250. The Morgan fingerprint density at radius 1 is 1.13 bits per heavy atom. The summed E-state index contributed by atoms with van der Waals surface area (Å²) in [6.07, 6.45) is 2.12. The van der Waals surface area contributed by atoms with Crippen LogP contribution in [0.3, 0.4) is 0 Å². The molecular weight excluding hydrogens is 500 g/mol. The van der Waals surface area contributed by atoms with Crippen LogP contribution in [0.15, 0.2) is 42.5 Å². The second-order valence-electron chi connectivity index (χ2n) is 11.7. The number of carbonyl (C=O) groups excluding carboxylic acids is 2. The Kier molecular flexibility index (Phi) is 7.20. The Morgan fingerprint density at radius 2 is 1.82 bits per heavy atom. The molecule has 0 bridgehead atoms. The summed E-state index contributed by atoms with van der Waals surface area (Å²) in [5.41, 5.74) is 3.04. The fourth-order valence-corrected chi connectivity index (χ4v) is 6.75. The molecule has 3 heterocycles. The first-order valence-corrected chi connectivity index (χ1v) is 13.9. The highest BCUT2D eigenvalue weighted by molar-refractivity contribution is 5.86. The third kappa shape index (κ3) is 4.92. The molecule has 3 saturated heterocycles. The highest BCUT2D eigenvalue weighted by atomic mass is 19.3. The molecule has 0 aliphatic carbocycles. The monoisotopic (exact) mass is 539 g/mol. The normalized spacial score (nSPS) is 23.6. The van der Waals surface area contributed by atoms with Gasteiger partial charge in [-0.1, -0.05) is 42.0 Å². The van der Waals surface area contributed by atoms with Crippen molar-refractivity contribution < 1.29 is 23.1 Å². The maximum atomic E-state index is 14.2. The Morgan fingerprint density at radius 3 is 2.49 bits per heavy atom. The fourth-order valence-electron chi connectivity index (χ4n) is 6.75. The van der Waals surface area contributed by atoms with Crippen LogP contribution < -0.4 is 0 Å². The molecule has 1 spiro atoms. The van der Waals surface area contributed by atoms with Gasteiger partial charge in [0.25, 0.3) is 5.92 Å². The zero-order valence-electron chi connectivity index (χ0n) is 23.5. The van der Waals surface area contributed by atoms with Crippen LogP contribution in [0.25, 0.3) is 0 Å². The van der Waals surface area contributed by atoms with Gasteiger partial charge in [-0.05, 0) is 62.8 Å². The summed E-state index contributed by atoms with van der Waals surface area (Å²) in [5, 5.41) is 0. The SMILES string of the molecule is Cc1cc(C(C)N(C)C(=O)N2CCN3C(=O)C4(CCOCC4)CC3C2c2ccccc2C)cc(C(C)(F)F)c1. The standard InChI is InChI=1S/C31H39F2N3O3/c1-20-16-23(18-24(17-20)30(4,32)33)22(3)34(5)29(38)36-13-12-35-26(27(36)25-9-7-6-8-21(25)2)19-31(28(35)37)10-14-39-15-11-31/h6-9,16-18,22,26-27H,10-15,19H2,1-5H3. The van der Waals surface area contributed by atoms with Crippen LogP contribution in [0.4, 0.5) is 13.6 Å². The molecule has 39 heavy (non-hydrogen) atoms. The molecule has 3 unspecified atom stereocenters. The first-order chi connectivity index (χ1) is 18.4. The van der Waals surface area contributed by atoms with Gasteiger partial charge in [0.15, 0.2) is 0 Å². The number of aryl methyl sites for hydroxylation is 2. The molecule has 0 N–H and O–H groups in total. The number of urea groups is 1. The summed E-state index contributed by atoms with van der Waals surface area (Å²) < 4.78 is 34.0. The molecule has 3 atom stereocenters. The minimum Gasteiger partial charge on any atom is -0.381 e. The average molecular weight is 540 g/mol. The predicted molar refractivity (Wildman–Crippen MR) is 146 cm³/mol. The van der Waals surface area contributed by atoms with Crippen LogP contribution in [0, 0.1) is 19.3 Å². The van der Waals surface area contributed by atoms with E-state index in [0.717, 1.165) is 23.6 Å². The number of carbonyl (C=O) groups is 2. The Hall–Kier alpha value is -3.00. The fraction of sp³-hybridized carbons (Fsp3) is 0.548. The number of hydrogen-bond donors (Lipinski definition) is 0. The molecule has 3 amide bonds. The third-order valence-electron chi connectivity index (χ3n) is 9.17. The van der Waals surface area contributed by atoms with Crippen molar-refractivity contribution in [1.29, 1.82) is 0 Å². The van der Waals surface area contributed by atoms with E-state index in [1.807, 2.05) is 47.9 Å². The van der Waals surface area contributed by atoms with Gasteiger partial charge >= 0.3 is 6.03 Å². The van der Waals surface area contributed by atoms with E-state index in [1.54, 1.807) is 18.9 Å². The number of halogens is 2. The van der Waals surface area contributed by atoms with E-state index in [9.17, 15) is 18.4 Å². The number of fused-ring (bicyclic) bond motifs is 1. The quantitative estimate of drug-likeness (QED) is 0.480. The number of piperazine rings is 1.